The second kappa shape index (κ2) is 11.0. The topological polar surface area (TPSA) is 77.7 Å². The van der Waals surface area contributed by atoms with Crippen molar-refractivity contribution in [3.8, 4) is 11.5 Å². The summed E-state index contributed by atoms with van der Waals surface area (Å²) in [5.41, 5.74) is 7.49. The molecule has 2 aromatic carbocycles. The molecule has 0 spiro atoms. The Balaban J connectivity index is 0.000000207. The van der Waals surface area contributed by atoms with Gasteiger partial charge in [-0.1, -0.05) is 30.4 Å². The van der Waals surface area contributed by atoms with E-state index in [4.69, 9.17) is 15.2 Å². The van der Waals surface area contributed by atoms with Crippen LogP contribution in [0, 0.1) is 0 Å². The number of hydrogen-bond acceptors (Lipinski definition) is 8. The van der Waals surface area contributed by atoms with E-state index in [-0.39, 0.29) is 6.04 Å². The Hall–Kier alpha value is -2.29. The summed E-state index contributed by atoms with van der Waals surface area (Å²) < 4.78 is 11.3. The summed E-state index contributed by atoms with van der Waals surface area (Å²) >= 11 is 3.24. The van der Waals surface area contributed by atoms with Gasteiger partial charge in [-0.05, 0) is 37.5 Å². The molecule has 1 heterocycles. The first kappa shape index (κ1) is 23.0. The molecule has 29 heavy (non-hydrogen) atoms. The van der Waals surface area contributed by atoms with Crippen LogP contribution in [-0.4, -0.2) is 50.2 Å². The van der Waals surface area contributed by atoms with Gasteiger partial charge in [-0.15, -0.1) is 11.8 Å². The third-order valence-corrected chi connectivity index (χ3v) is 5.87. The highest BCUT2D eigenvalue weighted by molar-refractivity contribution is 7.99. The van der Waals surface area contributed by atoms with Gasteiger partial charge in [0.1, 0.15) is 6.29 Å². The van der Waals surface area contributed by atoms with Crippen LogP contribution >= 0.6 is 23.1 Å². The van der Waals surface area contributed by atoms with E-state index in [0.717, 1.165) is 27.8 Å². The van der Waals surface area contributed by atoms with Gasteiger partial charge in [0.05, 0.1) is 30.5 Å². The molecule has 0 radical (unpaired) electrons. The standard InChI is InChI=1S/C12H17NOS.C9H10N2O2S/c1-4-15-11-7-5-10(6-8-11)12(9-14)13(2)3;1-12-6-3-5-8(4-7(6)13-2)14-9(10)11-5/h5-9,12H,4H2,1-3H3;3-4H,1-2H3,(H2,10,11). The molecule has 2 N–H and O–H groups in total. The average Bonchev–Trinajstić information content (AvgIpc) is 3.08. The van der Waals surface area contributed by atoms with Gasteiger partial charge in [0.2, 0.25) is 0 Å². The van der Waals surface area contributed by atoms with E-state index in [0.29, 0.717) is 16.6 Å². The quantitative estimate of drug-likeness (QED) is 0.434. The fourth-order valence-electron chi connectivity index (χ4n) is 2.70. The van der Waals surface area contributed by atoms with Crippen molar-refractivity contribution < 1.29 is 14.3 Å². The number of aldehydes is 1. The van der Waals surface area contributed by atoms with Gasteiger partial charge in [0, 0.05) is 17.0 Å². The highest BCUT2D eigenvalue weighted by Crippen LogP contribution is 2.35. The predicted octanol–water partition coefficient (Wildman–Crippen LogP) is 4.50. The van der Waals surface area contributed by atoms with Gasteiger partial charge >= 0.3 is 0 Å². The van der Waals surface area contributed by atoms with Gasteiger partial charge in [-0.2, -0.15) is 0 Å². The third-order valence-electron chi connectivity index (χ3n) is 4.13. The van der Waals surface area contributed by atoms with E-state index < -0.39 is 0 Å². The Kier molecular flexibility index (Phi) is 8.75. The Morgan fingerprint density at radius 3 is 2.31 bits per heavy atom. The molecule has 1 atom stereocenters. The first-order chi connectivity index (χ1) is 13.9. The molecule has 0 bridgehead atoms. The number of likely N-dealkylation sites (N-methyl/N-ethyl adjacent to an activating group) is 1. The van der Waals surface area contributed by atoms with Crippen LogP contribution in [0.4, 0.5) is 5.13 Å². The first-order valence-corrected chi connectivity index (χ1v) is 10.9. The number of nitrogen functional groups attached to an aromatic ring is 1. The number of nitrogens with zero attached hydrogens (tertiary/aromatic N) is 2. The molecular weight excluding hydrogens is 406 g/mol. The number of nitrogens with two attached hydrogens (primary N) is 1. The lowest BCUT2D eigenvalue weighted by atomic mass is 10.1. The lowest BCUT2D eigenvalue weighted by Crippen LogP contribution is -2.20. The molecule has 0 saturated heterocycles. The van der Waals surface area contributed by atoms with Crippen LogP contribution in [0.3, 0.4) is 0 Å². The number of hydrogen-bond donors (Lipinski definition) is 1. The average molecular weight is 434 g/mol. The fourth-order valence-corrected chi connectivity index (χ4v) is 4.11. The van der Waals surface area contributed by atoms with Crippen molar-refractivity contribution in [3.63, 3.8) is 0 Å². The molecule has 8 heteroatoms. The summed E-state index contributed by atoms with van der Waals surface area (Å²) in [4.78, 5) is 18.2. The summed E-state index contributed by atoms with van der Waals surface area (Å²) in [6.45, 7) is 2.13. The third kappa shape index (κ3) is 6.09. The predicted molar refractivity (Wildman–Crippen MR) is 122 cm³/mol. The smallest absolute Gasteiger partial charge is 0.181 e. The monoisotopic (exact) mass is 433 g/mol. The number of carbonyl (C=O) groups excluding carboxylic acids is 1. The fraction of sp³-hybridized carbons (Fsp3) is 0.333. The maximum Gasteiger partial charge on any atom is 0.181 e. The van der Waals surface area contributed by atoms with Crippen LogP contribution in [-0.2, 0) is 4.79 Å². The molecule has 0 fully saturated rings. The minimum atomic E-state index is -0.134. The normalized spacial score (nSPS) is 11.7. The number of anilines is 1. The number of carbonyl (C=O) groups is 1. The number of methoxy groups -OCH3 is 2. The Labute approximate surface area is 180 Å². The minimum Gasteiger partial charge on any atom is -0.493 e. The molecule has 0 amide bonds. The van der Waals surface area contributed by atoms with Gasteiger partial charge in [0.25, 0.3) is 0 Å². The highest BCUT2D eigenvalue weighted by atomic mass is 32.2. The summed E-state index contributed by atoms with van der Waals surface area (Å²) in [6.07, 6.45) is 0.974. The van der Waals surface area contributed by atoms with Crippen LogP contribution in [0.5, 0.6) is 11.5 Å². The van der Waals surface area contributed by atoms with Crippen molar-refractivity contribution in [3.05, 3.63) is 42.0 Å². The zero-order chi connectivity index (χ0) is 21.4. The molecule has 0 saturated carbocycles. The molecule has 6 nitrogen and oxygen atoms in total. The Bertz CT molecular complexity index is 886. The molecule has 0 aliphatic heterocycles. The number of ether oxygens (including phenoxy) is 2. The number of thioether (sulfide) groups is 1. The largest absolute Gasteiger partial charge is 0.493 e. The number of aromatic nitrogens is 1. The zero-order valence-electron chi connectivity index (χ0n) is 17.3. The van der Waals surface area contributed by atoms with E-state index in [1.54, 1.807) is 14.2 Å². The van der Waals surface area contributed by atoms with Crippen LogP contribution in [0.25, 0.3) is 10.2 Å². The maximum atomic E-state index is 10.9. The maximum absolute atomic E-state index is 10.9. The van der Waals surface area contributed by atoms with Crippen molar-refractivity contribution in [2.24, 2.45) is 0 Å². The summed E-state index contributed by atoms with van der Waals surface area (Å²) in [6, 6.07) is 11.8. The zero-order valence-corrected chi connectivity index (χ0v) is 19.0. The molecular formula is C21H27N3O3S2. The van der Waals surface area contributed by atoms with Crippen LogP contribution < -0.4 is 15.2 Å². The van der Waals surface area contributed by atoms with Crippen molar-refractivity contribution >= 4 is 44.7 Å². The number of thiazole rings is 1. The van der Waals surface area contributed by atoms with Crippen LogP contribution in [0.15, 0.2) is 41.3 Å². The molecule has 1 unspecified atom stereocenters. The van der Waals surface area contributed by atoms with E-state index >= 15 is 0 Å². The second-order valence-corrected chi connectivity index (χ2v) is 8.67. The van der Waals surface area contributed by atoms with Gasteiger partial charge in [-0.3, -0.25) is 4.90 Å². The molecule has 156 valence electrons. The molecule has 0 aliphatic carbocycles. The summed E-state index contributed by atoms with van der Waals surface area (Å²) in [5.74, 6) is 2.44. The number of benzene rings is 2. The summed E-state index contributed by atoms with van der Waals surface area (Å²) in [7, 11) is 7.02. The van der Waals surface area contributed by atoms with Crippen molar-refractivity contribution in [1.29, 1.82) is 0 Å². The molecule has 3 aromatic rings. The SMILES string of the molecule is CCSc1ccc(C(C=O)N(C)C)cc1.COc1cc2nc(N)sc2cc1OC. The minimum absolute atomic E-state index is 0.134. The second-order valence-electron chi connectivity index (χ2n) is 6.27. The number of fused-ring (bicyclic) bond motifs is 1. The molecule has 1 aromatic heterocycles. The Morgan fingerprint density at radius 2 is 1.79 bits per heavy atom. The van der Waals surface area contributed by atoms with Crippen molar-refractivity contribution in [1.82, 2.24) is 9.88 Å². The summed E-state index contributed by atoms with van der Waals surface area (Å²) in [5, 5.41) is 0.551. The molecule has 3 rings (SSSR count). The van der Waals surface area contributed by atoms with E-state index in [2.05, 4.69) is 24.0 Å². The lowest BCUT2D eigenvalue weighted by Gasteiger charge is -2.18. The van der Waals surface area contributed by atoms with Crippen molar-refractivity contribution in [2.45, 2.75) is 17.9 Å². The van der Waals surface area contributed by atoms with E-state index in [1.807, 2.05) is 55.0 Å². The first-order valence-electron chi connectivity index (χ1n) is 9.06. The highest BCUT2D eigenvalue weighted by Gasteiger charge is 2.12. The lowest BCUT2D eigenvalue weighted by molar-refractivity contribution is -0.111. The van der Waals surface area contributed by atoms with E-state index in [1.165, 1.54) is 16.2 Å². The molecule has 0 aliphatic rings. The number of rotatable bonds is 7. The van der Waals surface area contributed by atoms with Crippen molar-refractivity contribution in [2.75, 3.05) is 39.8 Å². The van der Waals surface area contributed by atoms with Gasteiger partial charge in [-0.25, -0.2) is 4.98 Å². The van der Waals surface area contributed by atoms with E-state index in [9.17, 15) is 4.79 Å². The van der Waals surface area contributed by atoms with Gasteiger partial charge < -0.3 is 20.0 Å². The van der Waals surface area contributed by atoms with Gasteiger partial charge in [0.15, 0.2) is 16.6 Å². The Morgan fingerprint density at radius 1 is 1.17 bits per heavy atom. The van der Waals surface area contributed by atoms with Crippen LogP contribution in [0.1, 0.15) is 18.5 Å². The van der Waals surface area contributed by atoms with Crippen LogP contribution in [0.2, 0.25) is 0 Å².